The molecule has 0 spiro atoms. The first-order valence-corrected chi connectivity index (χ1v) is 7.88. The summed E-state index contributed by atoms with van der Waals surface area (Å²) in [5, 5.41) is 0. The van der Waals surface area contributed by atoms with Gasteiger partial charge in [-0.25, -0.2) is 4.98 Å². The van der Waals surface area contributed by atoms with E-state index in [0.717, 1.165) is 22.7 Å². The first-order chi connectivity index (χ1) is 11.6. The summed E-state index contributed by atoms with van der Waals surface area (Å²) >= 11 is 0. The van der Waals surface area contributed by atoms with Gasteiger partial charge in [0.05, 0.1) is 13.2 Å². The zero-order valence-electron chi connectivity index (χ0n) is 14.1. The molecule has 1 atom stereocenters. The maximum atomic E-state index is 11.4. The maximum absolute atomic E-state index is 11.4. The number of nitrogens with zero attached hydrogens (tertiary/aromatic N) is 2. The third-order valence-electron chi connectivity index (χ3n) is 4.21. The van der Waals surface area contributed by atoms with Crippen LogP contribution in [-0.2, 0) is 0 Å². The highest BCUT2D eigenvalue weighted by Crippen LogP contribution is 2.27. The smallest absolute Gasteiger partial charge is 0.159 e. The molecule has 3 aromatic rings. The Morgan fingerprint density at radius 3 is 2.58 bits per heavy atom. The lowest BCUT2D eigenvalue weighted by atomic mass is 10.1. The fourth-order valence-electron chi connectivity index (χ4n) is 2.77. The number of aromatic nitrogens is 2. The summed E-state index contributed by atoms with van der Waals surface area (Å²) in [6.07, 6.45) is 3.77. The van der Waals surface area contributed by atoms with Crippen LogP contribution in [0.15, 0.2) is 60.9 Å². The van der Waals surface area contributed by atoms with E-state index in [4.69, 9.17) is 4.74 Å². The van der Waals surface area contributed by atoms with Gasteiger partial charge in [-0.15, -0.1) is 0 Å². The second-order valence-corrected chi connectivity index (χ2v) is 5.74. The van der Waals surface area contributed by atoms with Gasteiger partial charge in [0.2, 0.25) is 0 Å². The van der Waals surface area contributed by atoms with E-state index >= 15 is 0 Å². The molecule has 0 radical (unpaired) electrons. The second kappa shape index (κ2) is 6.71. The van der Waals surface area contributed by atoms with Crippen molar-refractivity contribution in [2.75, 3.05) is 7.11 Å². The molecule has 3 rings (SSSR count). The number of carbonyl (C=O) groups excluding carboxylic acids is 1. The van der Waals surface area contributed by atoms with Crippen LogP contribution in [-0.4, -0.2) is 22.4 Å². The van der Waals surface area contributed by atoms with Gasteiger partial charge in [-0.2, -0.15) is 0 Å². The van der Waals surface area contributed by atoms with Crippen molar-refractivity contribution in [3.8, 4) is 17.1 Å². The van der Waals surface area contributed by atoms with Crippen molar-refractivity contribution in [3.63, 3.8) is 0 Å². The van der Waals surface area contributed by atoms with Crippen molar-refractivity contribution < 1.29 is 9.53 Å². The Morgan fingerprint density at radius 2 is 1.92 bits per heavy atom. The maximum Gasteiger partial charge on any atom is 0.159 e. The first-order valence-electron chi connectivity index (χ1n) is 7.88. The molecule has 2 aromatic carbocycles. The summed E-state index contributed by atoms with van der Waals surface area (Å²) in [5.74, 6) is 1.78. The van der Waals surface area contributed by atoms with Crippen LogP contribution in [0, 0.1) is 0 Å². The van der Waals surface area contributed by atoms with E-state index in [1.165, 1.54) is 0 Å². The van der Waals surface area contributed by atoms with Crippen molar-refractivity contribution in [1.29, 1.82) is 0 Å². The van der Waals surface area contributed by atoms with Crippen LogP contribution >= 0.6 is 0 Å². The van der Waals surface area contributed by atoms with E-state index < -0.39 is 0 Å². The Hall–Kier alpha value is -2.88. The summed E-state index contributed by atoms with van der Waals surface area (Å²) < 4.78 is 7.44. The van der Waals surface area contributed by atoms with Crippen LogP contribution < -0.4 is 4.74 Å². The predicted molar refractivity (Wildman–Crippen MR) is 94.5 cm³/mol. The Bertz CT molecular complexity index is 850. The lowest BCUT2D eigenvalue weighted by Crippen LogP contribution is -2.08. The molecule has 0 saturated carbocycles. The van der Waals surface area contributed by atoms with E-state index in [1.54, 1.807) is 20.2 Å². The van der Waals surface area contributed by atoms with Gasteiger partial charge in [0.25, 0.3) is 0 Å². The Labute approximate surface area is 141 Å². The SMILES string of the molecule is COc1cccc([C@H](C)n2ccnc2-c2ccc(C(C)=O)cc2)c1. The van der Waals surface area contributed by atoms with Crippen molar-refractivity contribution >= 4 is 5.78 Å². The number of hydrogen-bond donors (Lipinski definition) is 0. The summed E-state index contributed by atoms with van der Waals surface area (Å²) in [4.78, 5) is 15.9. The van der Waals surface area contributed by atoms with Crippen LogP contribution in [0.3, 0.4) is 0 Å². The fourth-order valence-corrected chi connectivity index (χ4v) is 2.77. The van der Waals surface area contributed by atoms with E-state index in [1.807, 2.05) is 48.7 Å². The minimum Gasteiger partial charge on any atom is -0.497 e. The van der Waals surface area contributed by atoms with Crippen molar-refractivity contribution in [2.45, 2.75) is 19.9 Å². The average molecular weight is 320 g/mol. The third kappa shape index (κ3) is 3.08. The molecule has 1 aromatic heterocycles. The molecule has 0 saturated heterocycles. The van der Waals surface area contributed by atoms with Crippen LogP contribution in [0.25, 0.3) is 11.4 Å². The molecule has 0 aliphatic carbocycles. The Kier molecular flexibility index (Phi) is 4.47. The van der Waals surface area contributed by atoms with E-state index in [-0.39, 0.29) is 11.8 Å². The number of carbonyl (C=O) groups is 1. The number of Topliss-reactive ketones (excluding diaryl/α,β-unsaturated/α-hetero) is 1. The lowest BCUT2D eigenvalue weighted by Gasteiger charge is -2.18. The Balaban J connectivity index is 1.96. The van der Waals surface area contributed by atoms with Gasteiger partial charge in [0.15, 0.2) is 5.78 Å². The molecule has 0 aliphatic heterocycles. The number of rotatable bonds is 5. The van der Waals surface area contributed by atoms with E-state index in [2.05, 4.69) is 22.5 Å². The van der Waals surface area contributed by atoms with E-state index in [0.29, 0.717) is 5.56 Å². The Morgan fingerprint density at radius 1 is 1.17 bits per heavy atom. The fraction of sp³-hybridized carbons (Fsp3) is 0.200. The minimum absolute atomic E-state index is 0.0645. The van der Waals surface area contributed by atoms with Crippen LogP contribution in [0.1, 0.15) is 35.8 Å². The zero-order chi connectivity index (χ0) is 17.1. The third-order valence-corrected chi connectivity index (χ3v) is 4.21. The van der Waals surface area contributed by atoms with E-state index in [9.17, 15) is 4.79 Å². The molecule has 24 heavy (non-hydrogen) atoms. The lowest BCUT2D eigenvalue weighted by molar-refractivity contribution is 0.101. The highest BCUT2D eigenvalue weighted by atomic mass is 16.5. The molecular weight excluding hydrogens is 300 g/mol. The largest absolute Gasteiger partial charge is 0.497 e. The molecule has 1 heterocycles. The highest BCUT2D eigenvalue weighted by molar-refractivity contribution is 5.94. The molecule has 122 valence electrons. The quantitative estimate of drug-likeness (QED) is 0.656. The number of benzene rings is 2. The number of ketones is 1. The second-order valence-electron chi connectivity index (χ2n) is 5.74. The average Bonchev–Trinajstić information content (AvgIpc) is 3.11. The molecule has 0 fully saturated rings. The van der Waals surface area contributed by atoms with Crippen LogP contribution in [0.4, 0.5) is 0 Å². The predicted octanol–water partition coefficient (Wildman–Crippen LogP) is 4.37. The standard InChI is InChI=1S/C20H20N2O2/c1-14(18-5-4-6-19(13-18)24-3)22-12-11-21-20(22)17-9-7-16(8-10-17)15(2)23/h4-14H,1-3H3/t14-/m0/s1. The zero-order valence-corrected chi connectivity index (χ0v) is 14.1. The number of methoxy groups -OCH3 is 1. The number of hydrogen-bond acceptors (Lipinski definition) is 3. The van der Waals surface area contributed by atoms with Gasteiger partial charge in [0.1, 0.15) is 11.6 Å². The molecule has 0 bridgehead atoms. The van der Waals surface area contributed by atoms with Gasteiger partial charge in [-0.05, 0) is 31.5 Å². The summed E-state index contributed by atoms with van der Waals surface area (Å²) in [6, 6.07) is 15.7. The number of ether oxygens (including phenoxy) is 1. The van der Waals surface area contributed by atoms with Gasteiger partial charge >= 0.3 is 0 Å². The molecule has 0 unspecified atom stereocenters. The van der Waals surface area contributed by atoms with Gasteiger partial charge in [0, 0.05) is 23.5 Å². The molecular formula is C20H20N2O2. The summed E-state index contributed by atoms with van der Waals surface area (Å²) in [7, 11) is 1.67. The summed E-state index contributed by atoms with van der Waals surface area (Å²) in [5.41, 5.74) is 2.84. The monoisotopic (exact) mass is 320 g/mol. The number of imidazole rings is 1. The molecule has 0 aliphatic rings. The topological polar surface area (TPSA) is 44.1 Å². The first kappa shape index (κ1) is 16.0. The normalized spacial score (nSPS) is 12.0. The molecule has 4 heteroatoms. The molecule has 0 amide bonds. The molecule has 4 nitrogen and oxygen atoms in total. The van der Waals surface area contributed by atoms with Crippen LogP contribution in [0.5, 0.6) is 5.75 Å². The summed E-state index contributed by atoms with van der Waals surface area (Å²) in [6.45, 7) is 3.70. The van der Waals surface area contributed by atoms with Gasteiger partial charge < -0.3 is 9.30 Å². The van der Waals surface area contributed by atoms with Crippen molar-refractivity contribution in [2.24, 2.45) is 0 Å². The van der Waals surface area contributed by atoms with Crippen molar-refractivity contribution in [3.05, 3.63) is 72.1 Å². The molecule has 0 N–H and O–H groups in total. The highest BCUT2D eigenvalue weighted by Gasteiger charge is 2.14. The van der Waals surface area contributed by atoms with Crippen LogP contribution in [0.2, 0.25) is 0 Å². The minimum atomic E-state index is 0.0645. The van der Waals surface area contributed by atoms with Crippen molar-refractivity contribution in [1.82, 2.24) is 9.55 Å². The van der Waals surface area contributed by atoms with Gasteiger partial charge in [-0.1, -0.05) is 36.4 Å². The van der Waals surface area contributed by atoms with Gasteiger partial charge in [-0.3, -0.25) is 4.79 Å².